The van der Waals surface area contributed by atoms with Crippen LogP contribution in [0.5, 0.6) is 0 Å². The first-order valence-corrected chi connectivity index (χ1v) is 7.89. The summed E-state index contributed by atoms with van der Waals surface area (Å²) in [6, 6.07) is 11.2. The number of H-pyrrole nitrogens is 1. The van der Waals surface area contributed by atoms with Gasteiger partial charge < -0.3 is 10.2 Å². The number of aromatic nitrogens is 1. The van der Waals surface area contributed by atoms with Crippen LogP contribution in [0.1, 0.15) is 5.56 Å². The predicted molar refractivity (Wildman–Crippen MR) is 87.2 cm³/mol. The number of amides is 2. The lowest BCUT2D eigenvalue weighted by atomic mass is 10.2. The minimum atomic E-state index is -4.42. The standard InChI is InChI=1S/C17H17F3N4O/c18-17(19,20)14-7-4-8-21-15(14)23-9-11-24(12-10-23)16(25)22-13-5-2-1-3-6-13/h1-8H,9-12H2,(H,22,25)/p+1. The van der Waals surface area contributed by atoms with Crippen LogP contribution in [0.2, 0.25) is 0 Å². The number of carbonyl (C=O) groups excluding carboxylic acids is 1. The molecule has 0 bridgehead atoms. The van der Waals surface area contributed by atoms with E-state index >= 15 is 0 Å². The Morgan fingerprint density at radius 1 is 1.00 bits per heavy atom. The van der Waals surface area contributed by atoms with Gasteiger partial charge >= 0.3 is 12.2 Å². The molecule has 0 radical (unpaired) electrons. The molecule has 1 aliphatic rings. The Morgan fingerprint density at radius 3 is 2.32 bits per heavy atom. The van der Waals surface area contributed by atoms with Crippen LogP contribution in [-0.2, 0) is 6.18 Å². The molecular formula is C17H18F3N4O+. The van der Waals surface area contributed by atoms with E-state index in [2.05, 4.69) is 10.3 Å². The number of hydrogen-bond acceptors (Lipinski definition) is 2. The van der Waals surface area contributed by atoms with E-state index in [1.165, 1.54) is 12.3 Å². The first kappa shape index (κ1) is 17.1. The number of pyridine rings is 1. The summed E-state index contributed by atoms with van der Waals surface area (Å²) in [6.45, 7) is 1.34. The highest BCUT2D eigenvalue weighted by atomic mass is 19.4. The fraction of sp³-hybridized carbons (Fsp3) is 0.294. The molecule has 2 heterocycles. The number of nitrogens with zero attached hydrogens (tertiary/aromatic N) is 2. The minimum Gasteiger partial charge on any atom is -0.317 e. The summed E-state index contributed by atoms with van der Waals surface area (Å²) in [6.07, 6.45) is -2.95. The average Bonchev–Trinajstić information content (AvgIpc) is 2.62. The maximum Gasteiger partial charge on any atom is 0.424 e. The molecule has 0 spiro atoms. The van der Waals surface area contributed by atoms with Crippen LogP contribution in [-0.4, -0.2) is 37.1 Å². The third-order valence-electron chi connectivity index (χ3n) is 4.05. The van der Waals surface area contributed by atoms with Crippen LogP contribution in [0.3, 0.4) is 0 Å². The Kier molecular flexibility index (Phi) is 4.78. The largest absolute Gasteiger partial charge is 0.424 e. The second-order valence-corrected chi connectivity index (χ2v) is 5.70. The lowest BCUT2D eigenvalue weighted by Gasteiger charge is -2.31. The Hall–Kier alpha value is -2.77. The fourth-order valence-corrected chi connectivity index (χ4v) is 2.78. The second-order valence-electron chi connectivity index (χ2n) is 5.70. The maximum absolute atomic E-state index is 13.1. The number of para-hydroxylation sites is 1. The number of rotatable bonds is 2. The molecule has 2 N–H and O–H groups in total. The lowest BCUT2D eigenvalue weighted by molar-refractivity contribution is -0.367. The Balaban J connectivity index is 1.64. The van der Waals surface area contributed by atoms with Gasteiger partial charge in [-0.15, -0.1) is 0 Å². The fourth-order valence-electron chi connectivity index (χ4n) is 2.78. The summed E-state index contributed by atoms with van der Waals surface area (Å²) in [7, 11) is 0. The second kappa shape index (κ2) is 7.00. The number of hydrogen-bond donors (Lipinski definition) is 1. The molecule has 1 aromatic heterocycles. The van der Waals surface area contributed by atoms with Crippen molar-refractivity contribution in [1.82, 2.24) is 4.90 Å². The summed E-state index contributed by atoms with van der Waals surface area (Å²) in [5, 5.41) is 2.78. The van der Waals surface area contributed by atoms with Crippen LogP contribution in [0, 0.1) is 0 Å². The number of aromatic amines is 1. The summed E-state index contributed by atoms with van der Waals surface area (Å²) in [5.74, 6) is 0.0399. The summed E-state index contributed by atoms with van der Waals surface area (Å²) >= 11 is 0. The summed E-state index contributed by atoms with van der Waals surface area (Å²) in [4.78, 5) is 18.1. The first-order chi connectivity index (χ1) is 11.9. The lowest BCUT2D eigenvalue weighted by Crippen LogP contribution is -2.51. The van der Waals surface area contributed by atoms with Gasteiger partial charge in [0.05, 0.1) is 19.3 Å². The Bertz CT molecular complexity index is 728. The van der Waals surface area contributed by atoms with Gasteiger partial charge in [0.2, 0.25) is 0 Å². The van der Waals surface area contributed by atoms with Crippen LogP contribution in [0.15, 0.2) is 48.7 Å². The van der Waals surface area contributed by atoms with E-state index in [1.807, 2.05) is 18.2 Å². The van der Waals surface area contributed by atoms with E-state index in [9.17, 15) is 18.0 Å². The van der Waals surface area contributed by atoms with Crippen LogP contribution >= 0.6 is 0 Å². The first-order valence-electron chi connectivity index (χ1n) is 7.89. The molecule has 1 aromatic carbocycles. The van der Waals surface area contributed by atoms with Gasteiger partial charge in [-0.3, -0.25) is 4.90 Å². The van der Waals surface area contributed by atoms with E-state index in [0.717, 1.165) is 6.07 Å². The zero-order valence-electron chi connectivity index (χ0n) is 13.4. The Morgan fingerprint density at radius 2 is 1.68 bits per heavy atom. The molecule has 2 amide bonds. The predicted octanol–water partition coefficient (Wildman–Crippen LogP) is 2.87. The van der Waals surface area contributed by atoms with Crippen molar-refractivity contribution >= 4 is 17.5 Å². The van der Waals surface area contributed by atoms with Gasteiger partial charge in [0.25, 0.3) is 5.82 Å². The summed E-state index contributed by atoms with van der Waals surface area (Å²) in [5.41, 5.74) is -0.0112. The van der Waals surface area contributed by atoms with Crippen molar-refractivity contribution in [1.29, 1.82) is 0 Å². The third kappa shape index (κ3) is 4.01. The highest BCUT2D eigenvalue weighted by Gasteiger charge is 2.40. The molecule has 1 fully saturated rings. The van der Waals surface area contributed by atoms with Gasteiger partial charge in [0.15, 0.2) is 0 Å². The zero-order chi connectivity index (χ0) is 17.9. The zero-order valence-corrected chi connectivity index (χ0v) is 13.4. The molecule has 0 aliphatic carbocycles. The third-order valence-corrected chi connectivity index (χ3v) is 4.05. The monoisotopic (exact) mass is 351 g/mol. The van der Waals surface area contributed by atoms with Gasteiger partial charge in [-0.2, -0.15) is 13.2 Å². The van der Waals surface area contributed by atoms with Gasteiger partial charge in [-0.1, -0.05) is 18.2 Å². The minimum absolute atomic E-state index is 0.0399. The average molecular weight is 351 g/mol. The van der Waals surface area contributed by atoms with Gasteiger partial charge in [0, 0.05) is 5.69 Å². The van der Waals surface area contributed by atoms with Crippen LogP contribution < -0.4 is 15.2 Å². The van der Waals surface area contributed by atoms with Gasteiger partial charge in [-0.25, -0.2) is 9.78 Å². The van der Waals surface area contributed by atoms with Crippen molar-refractivity contribution in [3.05, 3.63) is 54.2 Å². The van der Waals surface area contributed by atoms with Crippen molar-refractivity contribution in [3.63, 3.8) is 0 Å². The Labute approximate surface area is 143 Å². The topological polar surface area (TPSA) is 49.7 Å². The normalized spacial score (nSPS) is 15.2. The van der Waals surface area contributed by atoms with E-state index in [4.69, 9.17) is 0 Å². The number of urea groups is 1. The summed E-state index contributed by atoms with van der Waals surface area (Å²) < 4.78 is 39.4. The molecule has 8 heteroatoms. The number of carbonyl (C=O) groups is 1. The number of piperazine rings is 1. The number of nitrogens with one attached hydrogen (secondary N) is 2. The van der Waals surface area contributed by atoms with Crippen molar-refractivity contribution < 1.29 is 22.9 Å². The molecule has 25 heavy (non-hydrogen) atoms. The molecule has 0 unspecified atom stereocenters. The number of halogens is 3. The molecule has 5 nitrogen and oxygen atoms in total. The van der Waals surface area contributed by atoms with Crippen LogP contribution in [0.25, 0.3) is 0 Å². The van der Waals surface area contributed by atoms with Crippen molar-refractivity contribution in [2.75, 3.05) is 36.4 Å². The highest BCUT2D eigenvalue weighted by Crippen LogP contribution is 2.34. The van der Waals surface area contributed by atoms with Crippen molar-refractivity contribution in [2.45, 2.75) is 6.18 Å². The van der Waals surface area contributed by atoms with E-state index in [0.29, 0.717) is 31.9 Å². The molecule has 0 saturated carbocycles. The van der Waals surface area contributed by atoms with Gasteiger partial charge in [-0.05, 0) is 24.3 Å². The van der Waals surface area contributed by atoms with Crippen molar-refractivity contribution in [2.24, 2.45) is 0 Å². The van der Waals surface area contributed by atoms with Crippen LogP contribution in [0.4, 0.5) is 29.5 Å². The number of alkyl halides is 3. The molecule has 1 saturated heterocycles. The van der Waals surface area contributed by atoms with E-state index in [1.54, 1.807) is 21.9 Å². The van der Waals surface area contributed by atoms with E-state index in [-0.39, 0.29) is 11.8 Å². The molecule has 2 aromatic rings. The molecule has 132 valence electrons. The number of benzene rings is 1. The highest BCUT2D eigenvalue weighted by molar-refractivity contribution is 5.89. The maximum atomic E-state index is 13.1. The number of anilines is 2. The van der Waals surface area contributed by atoms with E-state index < -0.39 is 11.7 Å². The van der Waals surface area contributed by atoms with Gasteiger partial charge in [0.1, 0.15) is 18.7 Å². The molecular weight excluding hydrogens is 333 g/mol. The molecule has 1 aliphatic heterocycles. The SMILES string of the molecule is O=C(Nc1ccccc1)N1CCN(c2[nH+]cccc2C(F)(F)F)CC1. The smallest absolute Gasteiger partial charge is 0.317 e. The molecule has 0 atom stereocenters. The van der Waals surface area contributed by atoms with Crippen molar-refractivity contribution in [3.8, 4) is 0 Å². The quantitative estimate of drug-likeness (QED) is 0.905. The molecule has 3 rings (SSSR count).